The van der Waals surface area contributed by atoms with Crippen LogP contribution in [0, 0.1) is 18.3 Å². The third-order valence-corrected chi connectivity index (χ3v) is 4.17. The summed E-state index contributed by atoms with van der Waals surface area (Å²) < 4.78 is 26.3. The van der Waals surface area contributed by atoms with Crippen molar-refractivity contribution in [1.82, 2.24) is 15.2 Å². The zero-order valence-corrected chi connectivity index (χ0v) is 10.8. The fourth-order valence-corrected chi connectivity index (χ4v) is 3.13. The quantitative estimate of drug-likeness (QED) is 0.895. The van der Waals surface area contributed by atoms with Crippen LogP contribution in [0.4, 0.5) is 5.13 Å². The van der Waals surface area contributed by atoms with Crippen LogP contribution in [0.25, 0.3) is 0 Å². The van der Waals surface area contributed by atoms with E-state index in [1.54, 1.807) is 13.0 Å². The number of hydrogen-bond donors (Lipinski definition) is 1. The van der Waals surface area contributed by atoms with E-state index < -0.39 is 10.0 Å². The highest BCUT2D eigenvalue weighted by atomic mass is 32.2. The first-order valence-corrected chi connectivity index (χ1v) is 7.01. The molecule has 9 heteroatoms. The molecule has 0 spiro atoms. The average Bonchev–Trinajstić information content (AvgIpc) is 2.74. The number of nitrogens with one attached hydrogen (secondary N) is 1. The lowest BCUT2D eigenvalue weighted by atomic mass is 10.4. The largest absolute Gasteiger partial charge is 0.266 e. The Kier molecular flexibility index (Phi) is 3.22. The Morgan fingerprint density at radius 3 is 2.83 bits per heavy atom. The molecule has 0 atom stereocenters. The van der Waals surface area contributed by atoms with Gasteiger partial charge in [0.25, 0.3) is 10.0 Å². The molecule has 2 aromatic heterocycles. The van der Waals surface area contributed by atoms with Gasteiger partial charge in [-0.25, -0.2) is 13.4 Å². The minimum absolute atomic E-state index is 0.153. The maximum atomic E-state index is 12.0. The van der Waals surface area contributed by atoms with Crippen LogP contribution >= 0.6 is 11.3 Å². The first-order valence-electron chi connectivity index (χ1n) is 4.71. The Labute approximate surface area is 107 Å². The maximum absolute atomic E-state index is 12.0. The molecule has 92 valence electrons. The summed E-state index contributed by atoms with van der Waals surface area (Å²) in [5, 5.41) is 17.0. The van der Waals surface area contributed by atoms with Crippen molar-refractivity contribution in [1.29, 1.82) is 5.26 Å². The number of pyridine rings is 1. The molecule has 7 nitrogen and oxygen atoms in total. The molecule has 0 bridgehead atoms. The van der Waals surface area contributed by atoms with Crippen molar-refractivity contribution in [2.24, 2.45) is 0 Å². The third kappa shape index (κ3) is 2.44. The molecule has 18 heavy (non-hydrogen) atoms. The molecule has 1 N–H and O–H groups in total. The van der Waals surface area contributed by atoms with Gasteiger partial charge in [0.1, 0.15) is 16.0 Å². The molecular weight excluding hydrogens is 274 g/mol. The molecule has 0 aliphatic rings. The van der Waals surface area contributed by atoms with E-state index in [0.29, 0.717) is 5.01 Å². The number of aryl methyl sites for hydroxylation is 1. The molecule has 0 unspecified atom stereocenters. The van der Waals surface area contributed by atoms with Crippen LogP contribution in [-0.2, 0) is 10.0 Å². The fourth-order valence-electron chi connectivity index (χ4n) is 1.20. The highest BCUT2D eigenvalue weighted by Gasteiger charge is 2.20. The number of nitrogens with zero attached hydrogens (tertiary/aromatic N) is 4. The number of rotatable bonds is 3. The predicted molar refractivity (Wildman–Crippen MR) is 64.4 cm³/mol. The summed E-state index contributed by atoms with van der Waals surface area (Å²) in [4.78, 5) is 3.52. The number of nitriles is 1. The summed E-state index contributed by atoms with van der Waals surface area (Å²) in [7, 11) is -3.87. The molecule has 0 aliphatic heterocycles. The average molecular weight is 281 g/mol. The van der Waals surface area contributed by atoms with Crippen LogP contribution in [0.3, 0.4) is 0 Å². The number of hydrogen-bond acceptors (Lipinski definition) is 7. The van der Waals surface area contributed by atoms with Gasteiger partial charge in [-0.2, -0.15) is 5.26 Å². The lowest BCUT2D eigenvalue weighted by Crippen LogP contribution is -2.14. The molecule has 2 rings (SSSR count). The Morgan fingerprint density at radius 1 is 1.44 bits per heavy atom. The molecule has 0 saturated heterocycles. The Bertz CT molecular complexity index is 717. The van der Waals surface area contributed by atoms with Crippen molar-refractivity contribution in [3.8, 4) is 6.07 Å². The van der Waals surface area contributed by atoms with Crippen molar-refractivity contribution in [3.63, 3.8) is 0 Å². The summed E-state index contributed by atoms with van der Waals surface area (Å²) in [5.74, 6) is 0. The van der Waals surface area contributed by atoms with E-state index in [2.05, 4.69) is 19.9 Å². The molecule has 0 aliphatic carbocycles. The molecule has 0 fully saturated rings. The molecular formula is C9H7N5O2S2. The molecule has 0 aromatic carbocycles. The van der Waals surface area contributed by atoms with E-state index in [0.717, 1.165) is 11.3 Å². The fraction of sp³-hybridized carbons (Fsp3) is 0.111. The second-order valence-electron chi connectivity index (χ2n) is 3.19. The molecule has 2 heterocycles. The Morgan fingerprint density at radius 2 is 2.22 bits per heavy atom. The summed E-state index contributed by atoms with van der Waals surface area (Å²) in [6, 6.07) is 4.48. The second-order valence-corrected chi connectivity index (χ2v) is 6.03. The molecule has 2 aromatic rings. The van der Waals surface area contributed by atoms with Gasteiger partial charge in [-0.15, -0.1) is 10.2 Å². The topological polar surface area (TPSA) is 109 Å². The SMILES string of the molecule is Cc1nnc(NS(=O)(=O)c2cccnc2C#N)s1. The molecule has 0 saturated carbocycles. The molecule has 0 radical (unpaired) electrons. The van der Waals surface area contributed by atoms with Crippen LogP contribution in [-0.4, -0.2) is 23.6 Å². The molecule has 0 amide bonds. The van der Waals surface area contributed by atoms with Gasteiger partial charge in [-0.3, -0.25) is 4.72 Å². The summed E-state index contributed by atoms with van der Waals surface area (Å²) in [5.41, 5.74) is -0.161. The van der Waals surface area contributed by atoms with E-state index in [1.165, 1.54) is 18.3 Å². The van der Waals surface area contributed by atoms with E-state index in [-0.39, 0.29) is 15.7 Å². The van der Waals surface area contributed by atoms with Crippen LogP contribution in [0.1, 0.15) is 10.7 Å². The lowest BCUT2D eigenvalue weighted by molar-refractivity contribution is 0.600. The van der Waals surface area contributed by atoms with Crippen LogP contribution in [0.15, 0.2) is 23.2 Å². The van der Waals surface area contributed by atoms with Gasteiger partial charge in [0.15, 0.2) is 5.69 Å². The van der Waals surface area contributed by atoms with E-state index >= 15 is 0 Å². The van der Waals surface area contributed by atoms with Gasteiger partial charge < -0.3 is 0 Å². The third-order valence-electron chi connectivity index (χ3n) is 1.91. The highest BCUT2D eigenvalue weighted by Crippen LogP contribution is 2.20. The number of anilines is 1. The standard InChI is InChI=1S/C9H7N5O2S2/c1-6-12-13-9(17-6)14-18(15,16)8-3-2-4-11-7(8)5-10/h2-4H,1H3,(H,13,14). The predicted octanol–water partition coefficient (Wildman–Crippen LogP) is 0.914. The van der Waals surface area contributed by atoms with Gasteiger partial charge >= 0.3 is 0 Å². The van der Waals surface area contributed by atoms with Crippen LogP contribution in [0.2, 0.25) is 0 Å². The Balaban J connectivity index is 2.40. The highest BCUT2D eigenvalue weighted by molar-refractivity contribution is 7.93. The van der Waals surface area contributed by atoms with Gasteiger partial charge in [-0.1, -0.05) is 11.3 Å². The summed E-state index contributed by atoms with van der Waals surface area (Å²) in [6.45, 7) is 1.71. The van der Waals surface area contributed by atoms with Crippen molar-refractivity contribution < 1.29 is 8.42 Å². The van der Waals surface area contributed by atoms with Crippen molar-refractivity contribution in [3.05, 3.63) is 29.0 Å². The normalized spacial score (nSPS) is 10.9. The minimum Gasteiger partial charge on any atom is -0.253 e. The van der Waals surface area contributed by atoms with E-state index in [4.69, 9.17) is 5.26 Å². The van der Waals surface area contributed by atoms with Crippen LogP contribution < -0.4 is 4.72 Å². The Hall–Kier alpha value is -2.05. The van der Waals surface area contributed by atoms with Crippen molar-refractivity contribution in [2.45, 2.75) is 11.8 Å². The second kappa shape index (κ2) is 4.67. The zero-order valence-electron chi connectivity index (χ0n) is 9.15. The summed E-state index contributed by atoms with van der Waals surface area (Å²) >= 11 is 1.11. The van der Waals surface area contributed by atoms with E-state index in [9.17, 15) is 8.42 Å². The maximum Gasteiger partial charge on any atom is 0.266 e. The van der Waals surface area contributed by atoms with Gasteiger partial charge in [0.05, 0.1) is 0 Å². The summed E-state index contributed by atoms with van der Waals surface area (Å²) in [6.07, 6.45) is 1.35. The van der Waals surface area contributed by atoms with Gasteiger partial charge in [0.2, 0.25) is 5.13 Å². The van der Waals surface area contributed by atoms with Gasteiger partial charge in [-0.05, 0) is 19.1 Å². The zero-order chi connectivity index (χ0) is 13.2. The van der Waals surface area contributed by atoms with Crippen molar-refractivity contribution in [2.75, 3.05) is 4.72 Å². The van der Waals surface area contributed by atoms with Crippen molar-refractivity contribution >= 4 is 26.5 Å². The monoisotopic (exact) mass is 281 g/mol. The number of sulfonamides is 1. The van der Waals surface area contributed by atoms with Gasteiger partial charge in [0, 0.05) is 6.20 Å². The van der Waals surface area contributed by atoms with E-state index in [1.807, 2.05) is 0 Å². The van der Waals surface area contributed by atoms with Crippen LogP contribution in [0.5, 0.6) is 0 Å². The smallest absolute Gasteiger partial charge is 0.253 e. The minimum atomic E-state index is -3.87. The lowest BCUT2D eigenvalue weighted by Gasteiger charge is -2.04. The first-order chi connectivity index (χ1) is 8.53. The number of aromatic nitrogens is 3. The first kappa shape index (κ1) is 12.4.